The largest absolute Gasteiger partial charge is 0.497 e. The van der Waals surface area contributed by atoms with Gasteiger partial charge >= 0.3 is 0 Å². The fourth-order valence-corrected chi connectivity index (χ4v) is 4.40. The lowest BCUT2D eigenvalue weighted by Crippen LogP contribution is -2.30. The number of benzene rings is 2. The van der Waals surface area contributed by atoms with Gasteiger partial charge in [-0.1, -0.05) is 6.07 Å². The molecule has 0 fully saturated rings. The van der Waals surface area contributed by atoms with Crippen LogP contribution in [0.1, 0.15) is 11.1 Å². The monoisotopic (exact) mass is 398 g/mol. The van der Waals surface area contributed by atoms with Crippen LogP contribution >= 0.6 is 0 Å². The first-order chi connectivity index (χ1) is 13.5. The van der Waals surface area contributed by atoms with Gasteiger partial charge in [-0.15, -0.1) is 0 Å². The molecule has 2 aromatic carbocycles. The van der Waals surface area contributed by atoms with E-state index in [-0.39, 0.29) is 11.4 Å². The predicted octanol–water partition coefficient (Wildman–Crippen LogP) is 3.80. The molecule has 0 atom stereocenters. The van der Waals surface area contributed by atoms with Crippen LogP contribution in [0, 0.1) is 6.92 Å². The van der Waals surface area contributed by atoms with E-state index < -0.39 is 10.0 Å². The maximum absolute atomic E-state index is 13.5. The fraction of sp³-hybridized carbons (Fsp3) is 0.190. The summed E-state index contributed by atoms with van der Waals surface area (Å²) < 4.78 is 38.8. The van der Waals surface area contributed by atoms with Crippen LogP contribution in [0.4, 0.5) is 5.69 Å². The average molecular weight is 398 g/mol. The zero-order valence-corrected chi connectivity index (χ0v) is 16.8. The van der Waals surface area contributed by atoms with Gasteiger partial charge in [0.1, 0.15) is 11.5 Å². The Labute approximate surface area is 165 Å². The van der Waals surface area contributed by atoms with Crippen LogP contribution in [-0.2, 0) is 16.6 Å². The summed E-state index contributed by atoms with van der Waals surface area (Å²) >= 11 is 0. The molecule has 0 amide bonds. The van der Waals surface area contributed by atoms with Crippen molar-refractivity contribution in [1.82, 2.24) is 4.98 Å². The van der Waals surface area contributed by atoms with Gasteiger partial charge in [0.2, 0.25) is 0 Å². The number of hydrogen-bond donors (Lipinski definition) is 0. The molecular formula is C21H22N2O4S. The van der Waals surface area contributed by atoms with Gasteiger partial charge in [-0.25, -0.2) is 8.42 Å². The van der Waals surface area contributed by atoms with Crippen LogP contribution in [0.2, 0.25) is 0 Å². The van der Waals surface area contributed by atoms with Crippen LogP contribution in [0.15, 0.2) is 71.9 Å². The molecule has 0 saturated carbocycles. The normalized spacial score (nSPS) is 11.1. The van der Waals surface area contributed by atoms with Gasteiger partial charge in [0, 0.05) is 12.4 Å². The number of aromatic nitrogens is 1. The summed E-state index contributed by atoms with van der Waals surface area (Å²) in [6.07, 6.45) is 3.31. The van der Waals surface area contributed by atoms with E-state index in [4.69, 9.17) is 9.47 Å². The van der Waals surface area contributed by atoms with Gasteiger partial charge in [-0.2, -0.15) is 0 Å². The average Bonchev–Trinajstić information content (AvgIpc) is 2.72. The SMILES string of the molecule is COc1ccc(N(Cc2cccnc2)S(=O)(=O)c2ccc(OC)c(C)c2)cc1. The van der Waals surface area contributed by atoms with Crippen molar-refractivity contribution in [1.29, 1.82) is 0 Å². The van der Waals surface area contributed by atoms with Crippen LogP contribution in [-0.4, -0.2) is 27.6 Å². The second-order valence-electron chi connectivity index (χ2n) is 6.20. The maximum atomic E-state index is 13.5. The van der Waals surface area contributed by atoms with Crippen molar-refractivity contribution in [2.24, 2.45) is 0 Å². The first kappa shape index (κ1) is 19.7. The molecule has 3 rings (SSSR count). The van der Waals surface area contributed by atoms with Crippen molar-refractivity contribution >= 4 is 15.7 Å². The highest BCUT2D eigenvalue weighted by atomic mass is 32.2. The molecule has 0 unspecified atom stereocenters. The van der Waals surface area contributed by atoms with Gasteiger partial charge < -0.3 is 9.47 Å². The van der Waals surface area contributed by atoms with E-state index >= 15 is 0 Å². The van der Waals surface area contributed by atoms with E-state index in [2.05, 4.69) is 4.98 Å². The Kier molecular flexibility index (Phi) is 5.84. The Hall–Kier alpha value is -3.06. The third-order valence-corrected chi connectivity index (χ3v) is 6.13. The third-order valence-electron chi connectivity index (χ3n) is 4.36. The molecule has 0 aliphatic rings. The minimum absolute atomic E-state index is 0.160. The van der Waals surface area contributed by atoms with Gasteiger partial charge in [-0.3, -0.25) is 9.29 Å². The summed E-state index contributed by atoms with van der Waals surface area (Å²) in [4.78, 5) is 4.29. The predicted molar refractivity (Wildman–Crippen MR) is 108 cm³/mol. The summed E-state index contributed by atoms with van der Waals surface area (Å²) in [6.45, 7) is 1.98. The second kappa shape index (κ2) is 8.31. The van der Waals surface area contributed by atoms with E-state index in [1.54, 1.807) is 75.1 Å². The molecule has 0 saturated heterocycles. The molecular weight excluding hydrogens is 376 g/mol. The molecule has 7 heteroatoms. The molecule has 0 radical (unpaired) electrons. The Morgan fingerprint density at radius 3 is 2.32 bits per heavy atom. The standard InChI is InChI=1S/C21H22N2O4S/c1-16-13-20(10-11-21(16)27-3)28(24,25)23(15-17-5-4-12-22-14-17)18-6-8-19(26-2)9-7-18/h4-14H,15H2,1-3H3. The molecule has 28 heavy (non-hydrogen) atoms. The number of pyridine rings is 1. The maximum Gasteiger partial charge on any atom is 0.264 e. The highest BCUT2D eigenvalue weighted by Crippen LogP contribution is 2.29. The molecule has 0 aliphatic carbocycles. The lowest BCUT2D eigenvalue weighted by molar-refractivity contribution is 0.411. The zero-order valence-electron chi connectivity index (χ0n) is 16.0. The van der Waals surface area contributed by atoms with Crippen LogP contribution in [0.5, 0.6) is 11.5 Å². The number of anilines is 1. The highest BCUT2D eigenvalue weighted by molar-refractivity contribution is 7.92. The topological polar surface area (TPSA) is 68.7 Å². The van der Waals surface area contributed by atoms with E-state index in [9.17, 15) is 8.42 Å². The molecule has 3 aromatic rings. The minimum Gasteiger partial charge on any atom is -0.497 e. The van der Waals surface area contributed by atoms with Gasteiger partial charge in [-0.05, 0) is 66.6 Å². The number of sulfonamides is 1. The molecule has 0 N–H and O–H groups in total. The summed E-state index contributed by atoms with van der Waals surface area (Å²) in [7, 11) is -0.683. The zero-order chi connectivity index (χ0) is 20.1. The second-order valence-corrected chi connectivity index (χ2v) is 8.06. The molecule has 0 bridgehead atoms. The van der Waals surface area contributed by atoms with Crippen molar-refractivity contribution in [3.63, 3.8) is 0 Å². The molecule has 0 spiro atoms. The molecule has 0 aliphatic heterocycles. The number of aryl methyl sites for hydroxylation is 1. The first-order valence-corrected chi connectivity index (χ1v) is 10.1. The van der Waals surface area contributed by atoms with E-state index in [1.165, 1.54) is 4.31 Å². The summed E-state index contributed by atoms with van der Waals surface area (Å²) in [6, 6.07) is 15.4. The lowest BCUT2D eigenvalue weighted by Gasteiger charge is -2.25. The van der Waals surface area contributed by atoms with E-state index in [0.29, 0.717) is 17.2 Å². The Bertz CT molecular complexity index is 1040. The van der Waals surface area contributed by atoms with Crippen LogP contribution in [0.25, 0.3) is 0 Å². The van der Waals surface area contributed by atoms with Crippen molar-refractivity contribution in [2.75, 3.05) is 18.5 Å². The molecule has 1 heterocycles. The van der Waals surface area contributed by atoms with Gasteiger partial charge in [0.05, 0.1) is 31.3 Å². The van der Waals surface area contributed by atoms with Gasteiger partial charge in [0.15, 0.2) is 0 Å². The van der Waals surface area contributed by atoms with E-state index in [0.717, 1.165) is 11.1 Å². The van der Waals surface area contributed by atoms with Crippen LogP contribution < -0.4 is 13.8 Å². The number of ether oxygens (including phenoxy) is 2. The Morgan fingerprint density at radius 2 is 1.75 bits per heavy atom. The Morgan fingerprint density at radius 1 is 1.00 bits per heavy atom. The molecule has 146 valence electrons. The number of hydrogen-bond acceptors (Lipinski definition) is 5. The summed E-state index contributed by atoms with van der Waals surface area (Å²) in [5, 5.41) is 0. The van der Waals surface area contributed by atoms with E-state index in [1.807, 2.05) is 13.0 Å². The van der Waals surface area contributed by atoms with Crippen molar-refractivity contribution < 1.29 is 17.9 Å². The summed E-state index contributed by atoms with van der Waals surface area (Å²) in [5.74, 6) is 1.30. The molecule has 6 nitrogen and oxygen atoms in total. The smallest absolute Gasteiger partial charge is 0.264 e. The third kappa shape index (κ3) is 4.09. The number of nitrogens with zero attached hydrogens (tertiary/aromatic N) is 2. The quantitative estimate of drug-likeness (QED) is 0.605. The van der Waals surface area contributed by atoms with Crippen molar-refractivity contribution in [3.05, 3.63) is 78.1 Å². The van der Waals surface area contributed by atoms with Gasteiger partial charge in [0.25, 0.3) is 10.0 Å². The summed E-state index contributed by atoms with van der Waals surface area (Å²) in [5.41, 5.74) is 2.07. The number of methoxy groups -OCH3 is 2. The first-order valence-electron chi connectivity index (χ1n) is 8.66. The number of rotatable bonds is 7. The molecule has 1 aromatic heterocycles. The highest BCUT2D eigenvalue weighted by Gasteiger charge is 2.26. The van der Waals surface area contributed by atoms with Crippen molar-refractivity contribution in [3.8, 4) is 11.5 Å². The fourth-order valence-electron chi connectivity index (χ4n) is 2.86. The lowest BCUT2D eigenvalue weighted by atomic mass is 10.2. The minimum atomic E-state index is -3.81. The van der Waals surface area contributed by atoms with Crippen LogP contribution in [0.3, 0.4) is 0 Å². The Balaban J connectivity index is 2.07. The van der Waals surface area contributed by atoms with Crippen molar-refractivity contribution in [2.45, 2.75) is 18.4 Å².